The summed E-state index contributed by atoms with van der Waals surface area (Å²) in [5.41, 5.74) is 8.20. The summed E-state index contributed by atoms with van der Waals surface area (Å²) in [7, 11) is 0. The van der Waals surface area contributed by atoms with Crippen molar-refractivity contribution in [2.24, 2.45) is 0 Å². The Balaban J connectivity index is 1.03. The van der Waals surface area contributed by atoms with Gasteiger partial charge in [0.2, 0.25) is 46.5 Å². The van der Waals surface area contributed by atoms with Crippen molar-refractivity contribution in [3.8, 4) is 44.5 Å². The normalized spacial score (nSPS) is 10.9. The van der Waals surface area contributed by atoms with E-state index in [4.69, 9.17) is 0 Å². The highest BCUT2D eigenvalue weighted by Crippen LogP contribution is 2.25. The molecular weight excluding hydrogens is 885 g/mol. The summed E-state index contributed by atoms with van der Waals surface area (Å²) >= 11 is 0. The summed E-state index contributed by atoms with van der Waals surface area (Å²) in [5, 5.41) is 0. The number of ketones is 5. The minimum Gasteiger partial charge on any atom is -0.294 e. The van der Waals surface area contributed by atoms with Crippen LogP contribution in [0.3, 0.4) is 0 Å². The quantitative estimate of drug-likeness (QED) is 0.0899. The van der Waals surface area contributed by atoms with Crippen molar-refractivity contribution in [1.29, 1.82) is 0 Å². The van der Waals surface area contributed by atoms with Gasteiger partial charge in [-0.3, -0.25) is 24.0 Å². The Labute approximate surface area is 407 Å². The third kappa shape index (κ3) is 10.1. The van der Waals surface area contributed by atoms with Gasteiger partial charge in [0.25, 0.3) is 5.78 Å². The predicted octanol–water partition coefficient (Wildman–Crippen LogP) is 11.1. The van der Waals surface area contributed by atoms with E-state index in [2.05, 4.69) is 29.9 Å². The smallest absolute Gasteiger partial charge is 0.267 e. The predicted molar refractivity (Wildman–Crippen MR) is 269 cm³/mol. The third-order valence-corrected chi connectivity index (χ3v) is 11.7. The molecule has 0 fully saturated rings. The van der Waals surface area contributed by atoms with Gasteiger partial charge in [-0.05, 0) is 44.5 Å². The molecule has 71 heavy (non-hydrogen) atoms. The Morgan fingerprint density at radius 3 is 0.761 bits per heavy atom. The van der Waals surface area contributed by atoms with Crippen molar-refractivity contribution in [1.82, 2.24) is 29.9 Å². The van der Waals surface area contributed by atoms with Gasteiger partial charge in [0.15, 0.2) is 5.78 Å². The number of hydrogen-bond donors (Lipinski definition) is 0. The van der Waals surface area contributed by atoms with Crippen LogP contribution in [-0.2, 0) is 6.42 Å². The molecule has 0 atom stereocenters. The van der Waals surface area contributed by atoms with E-state index in [1.54, 1.807) is 84.9 Å². The second kappa shape index (κ2) is 20.2. The van der Waals surface area contributed by atoms with Gasteiger partial charge >= 0.3 is 0 Å². The van der Waals surface area contributed by atoms with Crippen molar-refractivity contribution in [3.63, 3.8) is 0 Å². The molecule has 0 aliphatic rings. The lowest BCUT2D eigenvalue weighted by molar-refractivity contribution is 0.0976. The van der Waals surface area contributed by atoms with Crippen LogP contribution >= 0.6 is 0 Å². The molecule has 8 aromatic carbocycles. The Morgan fingerprint density at radius 2 is 0.465 bits per heavy atom. The van der Waals surface area contributed by atoms with Crippen LogP contribution in [-0.4, -0.2) is 58.8 Å². The molecular formula is C60H38N6O5. The summed E-state index contributed by atoms with van der Waals surface area (Å²) in [6.45, 7) is 0. The zero-order valence-corrected chi connectivity index (χ0v) is 37.7. The molecule has 0 aliphatic heterocycles. The average Bonchev–Trinajstić information content (AvgIpc) is 3.45. The molecule has 10 rings (SSSR count). The fourth-order valence-corrected chi connectivity index (χ4v) is 7.93. The zero-order valence-electron chi connectivity index (χ0n) is 37.7. The summed E-state index contributed by atoms with van der Waals surface area (Å²) < 4.78 is 0. The fraction of sp³-hybridized carbons (Fsp3) is 0.0167. The maximum atomic E-state index is 14.7. The van der Waals surface area contributed by atoms with Crippen LogP contribution in [0.2, 0.25) is 0 Å². The van der Waals surface area contributed by atoms with E-state index in [0.29, 0.717) is 5.56 Å². The van der Waals surface area contributed by atoms with Crippen LogP contribution in [0.15, 0.2) is 218 Å². The number of nitrogens with zero attached hydrogens (tertiary/aromatic N) is 6. The molecule has 11 heteroatoms. The van der Waals surface area contributed by atoms with Gasteiger partial charge in [-0.25, -0.2) is 29.9 Å². The van der Waals surface area contributed by atoms with Crippen molar-refractivity contribution < 1.29 is 24.0 Å². The van der Waals surface area contributed by atoms with Crippen molar-refractivity contribution in [3.05, 3.63) is 276 Å². The molecule has 0 unspecified atom stereocenters. The fourth-order valence-electron chi connectivity index (χ4n) is 7.93. The van der Waals surface area contributed by atoms with Crippen LogP contribution in [0.5, 0.6) is 0 Å². The minimum absolute atomic E-state index is 0.177. The van der Waals surface area contributed by atoms with Gasteiger partial charge in [0.1, 0.15) is 5.82 Å². The maximum absolute atomic E-state index is 14.7. The van der Waals surface area contributed by atoms with Crippen molar-refractivity contribution in [2.75, 3.05) is 0 Å². The minimum atomic E-state index is -1.05. The summed E-state index contributed by atoms with van der Waals surface area (Å²) in [4.78, 5) is 97.4. The molecule has 0 aliphatic carbocycles. The molecule has 0 N–H and O–H groups in total. The Morgan fingerprint density at radius 1 is 0.239 bits per heavy atom. The molecule has 0 saturated carbocycles. The summed E-state index contributed by atoms with van der Waals surface area (Å²) in [5.74, 6) is -6.27. The monoisotopic (exact) mass is 922 g/mol. The van der Waals surface area contributed by atoms with Crippen molar-refractivity contribution >= 4 is 28.9 Å². The molecule has 2 heterocycles. The van der Waals surface area contributed by atoms with E-state index >= 15 is 0 Å². The average molecular weight is 923 g/mol. The zero-order chi connectivity index (χ0) is 48.7. The topological polar surface area (TPSA) is 163 Å². The first kappa shape index (κ1) is 44.9. The van der Waals surface area contributed by atoms with E-state index in [1.807, 2.05) is 133 Å². The van der Waals surface area contributed by atoms with Gasteiger partial charge in [-0.2, -0.15) is 0 Å². The van der Waals surface area contributed by atoms with Gasteiger partial charge in [0.05, 0.1) is 6.42 Å². The number of hydrogen-bond acceptors (Lipinski definition) is 11. The van der Waals surface area contributed by atoms with E-state index in [0.717, 1.165) is 44.5 Å². The van der Waals surface area contributed by atoms with E-state index in [-0.39, 0.29) is 22.5 Å². The molecule has 0 amide bonds. The number of aromatic nitrogens is 6. The lowest BCUT2D eigenvalue weighted by Gasteiger charge is -2.09. The Bertz CT molecular complexity index is 3480. The maximum Gasteiger partial charge on any atom is 0.267 e. The highest BCUT2D eigenvalue weighted by atomic mass is 16.1. The first-order valence-electron chi connectivity index (χ1n) is 22.6. The highest BCUT2D eigenvalue weighted by molar-refractivity contribution is 6.12. The summed E-state index contributed by atoms with van der Waals surface area (Å²) in [6.07, 6.45) is -0.413. The number of benzene rings is 8. The third-order valence-electron chi connectivity index (χ3n) is 11.7. The molecule has 2 aromatic heterocycles. The van der Waals surface area contributed by atoms with E-state index in [9.17, 15) is 24.0 Å². The Hall–Kier alpha value is -9.87. The van der Waals surface area contributed by atoms with Crippen LogP contribution in [0.25, 0.3) is 44.5 Å². The molecule has 0 saturated heterocycles. The standard InChI is InChI=1S/C60H38N6O5/c67-50(46-29-21-42(22-30-46)38-13-5-1-6-14-38)37-51-61-56(52(68)47-31-23-43(24-32-47)39-15-7-2-8-16-39)63-59(62-51)55(71)60-65-57(53(69)48-33-25-44(26-34-48)40-17-9-3-10-18-40)64-58(66-60)54(70)49-35-27-45(28-36-49)41-19-11-4-12-20-41/h1-36H,37H2. The second-order valence-electron chi connectivity index (χ2n) is 16.4. The first-order valence-corrected chi connectivity index (χ1v) is 22.6. The van der Waals surface area contributed by atoms with Gasteiger partial charge < -0.3 is 0 Å². The number of carbonyl (C=O) groups is 5. The summed E-state index contributed by atoms with van der Waals surface area (Å²) in [6, 6.07) is 65.9. The largest absolute Gasteiger partial charge is 0.294 e. The molecule has 0 bridgehead atoms. The van der Waals surface area contributed by atoms with Gasteiger partial charge in [-0.1, -0.05) is 218 Å². The van der Waals surface area contributed by atoms with Gasteiger partial charge in [0, 0.05) is 22.3 Å². The van der Waals surface area contributed by atoms with Crippen LogP contribution in [0.1, 0.15) is 81.2 Å². The number of rotatable bonds is 15. The second-order valence-corrected chi connectivity index (χ2v) is 16.4. The number of Topliss-reactive ketones (excluding diaryl/α,β-unsaturated/α-hetero) is 1. The molecule has 10 aromatic rings. The highest BCUT2D eigenvalue weighted by Gasteiger charge is 2.28. The Kier molecular flexibility index (Phi) is 12.8. The van der Waals surface area contributed by atoms with Crippen LogP contribution < -0.4 is 0 Å². The number of carbonyl (C=O) groups excluding carboxylic acids is 5. The molecule has 0 spiro atoms. The molecule has 338 valence electrons. The van der Waals surface area contributed by atoms with Gasteiger partial charge in [-0.15, -0.1) is 0 Å². The SMILES string of the molecule is O=C(Cc1nc(C(=O)c2ccc(-c3ccccc3)cc2)nc(C(=O)c2nc(C(=O)c3ccc(-c4ccccc4)cc3)nc(C(=O)c3ccc(-c4ccccc4)cc3)n2)n1)c1ccc(-c2ccccc2)cc1. The lowest BCUT2D eigenvalue weighted by atomic mass is 10.0. The lowest BCUT2D eigenvalue weighted by Crippen LogP contribution is -2.23. The van der Waals surface area contributed by atoms with Crippen LogP contribution in [0.4, 0.5) is 0 Å². The van der Waals surface area contributed by atoms with Crippen molar-refractivity contribution in [2.45, 2.75) is 6.42 Å². The molecule has 0 radical (unpaired) electrons. The van der Waals surface area contributed by atoms with E-state index < -0.39 is 64.5 Å². The first-order chi connectivity index (χ1) is 34.7. The van der Waals surface area contributed by atoms with Crippen LogP contribution in [0, 0.1) is 0 Å². The van der Waals surface area contributed by atoms with E-state index in [1.165, 1.54) is 0 Å². The molecule has 11 nitrogen and oxygen atoms in total.